The van der Waals surface area contributed by atoms with Gasteiger partial charge in [-0.1, -0.05) is 118 Å². The molecule has 23 heavy (non-hydrogen) atoms. The van der Waals surface area contributed by atoms with Crippen molar-refractivity contribution in [3.05, 3.63) is 34.4 Å². The third kappa shape index (κ3) is 5.89. The lowest BCUT2D eigenvalue weighted by Crippen LogP contribution is -2.21. The predicted octanol–water partition coefficient (Wildman–Crippen LogP) is 7.86. The zero-order valence-corrected chi connectivity index (χ0v) is 18.5. The van der Waals surface area contributed by atoms with E-state index in [-0.39, 0.29) is 28.2 Å². The average Bonchev–Trinajstić information content (AvgIpc) is 2.32. The van der Waals surface area contributed by atoms with E-state index in [9.17, 15) is 5.11 Å². The molecular weight excluding hydrogens is 491 g/mol. The van der Waals surface area contributed by atoms with Crippen molar-refractivity contribution in [1.29, 1.82) is 0 Å². The number of alkyl halides is 9. The zero-order chi connectivity index (χ0) is 18.4. The first kappa shape index (κ1) is 22.8. The third-order valence-electron chi connectivity index (χ3n) is 3.05. The van der Waals surface area contributed by atoms with Crippen molar-refractivity contribution in [2.24, 2.45) is 5.92 Å². The number of halogens is 9. The summed E-state index contributed by atoms with van der Waals surface area (Å²) in [6, 6.07) is 2.72. The Morgan fingerprint density at radius 3 is 1.30 bits per heavy atom. The molecule has 0 heterocycles. The Balaban J connectivity index is 3.90. The molecule has 1 N–H and O–H groups in total. The Labute approximate surface area is 180 Å². The van der Waals surface area contributed by atoms with Gasteiger partial charge < -0.3 is 5.11 Å². The van der Waals surface area contributed by atoms with Crippen molar-refractivity contribution in [2.45, 2.75) is 31.3 Å². The first-order valence-electron chi connectivity index (χ1n) is 6.14. The van der Waals surface area contributed by atoms with Crippen LogP contribution in [0.4, 0.5) is 0 Å². The van der Waals surface area contributed by atoms with E-state index < -0.39 is 17.5 Å². The molecule has 0 saturated carbocycles. The standard InChI is InChI=1S/C13H11Cl9O/c1-5(2)10(23)9-7(12(17,18)19)3-6(11(14,15)16)4-8(9)13(20,21)22/h3-5,10,23H,1-2H3. The van der Waals surface area contributed by atoms with Crippen molar-refractivity contribution in [3.8, 4) is 0 Å². The Kier molecular flexibility index (Phi) is 7.75. The van der Waals surface area contributed by atoms with E-state index in [1.165, 1.54) is 12.1 Å². The molecule has 1 rings (SSSR count). The summed E-state index contributed by atoms with van der Waals surface area (Å²) < 4.78 is -5.69. The normalized spacial score (nSPS) is 15.2. The van der Waals surface area contributed by atoms with Crippen LogP contribution in [0.3, 0.4) is 0 Å². The van der Waals surface area contributed by atoms with Gasteiger partial charge in [-0.2, -0.15) is 0 Å². The van der Waals surface area contributed by atoms with Crippen molar-refractivity contribution < 1.29 is 5.11 Å². The van der Waals surface area contributed by atoms with Crippen LogP contribution in [0.1, 0.15) is 42.2 Å². The highest BCUT2D eigenvalue weighted by atomic mass is 35.6. The molecule has 0 aromatic heterocycles. The predicted molar refractivity (Wildman–Crippen MR) is 104 cm³/mol. The molecule has 1 aromatic carbocycles. The van der Waals surface area contributed by atoms with Gasteiger partial charge >= 0.3 is 0 Å². The highest BCUT2D eigenvalue weighted by Gasteiger charge is 2.39. The second-order valence-corrected chi connectivity index (χ2v) is 12.0. The van der Waals surface area contributed by atoms with Gasteiger partial charge in [0.2, 0.25) is 11.4 Å². The minimum Gasteiger partial charge on any atom is -0.388 e. The maximum Gasteiger partial charge on any atom is 0.216 e. The number of hydrogen-bond donors (Lipinski definition) is 1. The van der Waals surface area contributed by atoms with Crippen LogP contribution >= 0.6 is 104 Å². The number of aliphatic hydroxyl groups excluding tert-OH is 1. The van der Waals surface area contributed by atoms with E-state index in [2.05, 4.69) is 0 Å². The van der Waals surface area contributed by atoms with Crippen LogP contribution in [0.15, 0.2) is 12.1 Å². The summed E-state index contributed by atoms with van der Waals surface area (Å²) in [5, 5.41) is 10.5. The zero-order valence-electron chi connectivity index (χ0n) is 11.7. The van der Waals surface area contributed by atoms with E-state index >= 15 is 0 Å². The highest BCUT2D eigenvalue weighted by molar-refractivity contribution is 6.68. The van der Waals surface area contributed by atoms with E-state index in [4.69, 9.17) is 104 Å². The molecular formula is C13H11Cl9O. The number of benzene rings is 1. The molecule has 0 aliphatic rings. The average molecular weight is 502 g/mol. The summed E-state index contributed by atoms with van der Waals surface area (Å²) in [4.78, 5) is 0. The molecule has 10 heteroatoms. The molecule has 0 aliphatic heterocycles. The summed E-state index contributed by atoms with van der Waals surface area (Å²) >= 11 is 53.8. The Hall–Kier alpha value is 1.79. The molecule has 1 unspecified atom stereocenters. The molecule has 1 nitrogen and oxygen atoms in total. The van der Waals surface area contributed by atoms with E-state index in [1.807, 2.05) is 0 Å². The Morgan fingerprint density at radius 1 is 0.739 bits per heavy atom. The molecule has 0 fully saturated rings. The fraction of sp³-hybridized carbons (Fsp3) is 0.538. The minimum absolute atomic E-state index is 0.0776. The summed E-state index contributed by atoms with van der Waals surface area (Å²) in [6.45, 7) is 3.52. The van der Waals surface area contributed by atoms with Crippen LogP contribution in [0.2, 0.25) is 0 Å². The van der Waals surface area contributed by atoms with Gasteiger partial charge in [0.05, 0.1) is 6.10 Å². The summed E-state index contributed by atoms with van der Waals surface area (Å²) in [6.07, 6.45) is -1.06. The molecule has 0 saturated heterocycles. The van der Waals surface area contributed by atoms with Crippen molar-refractivity contribution >= 4 is 104 Å². The van der Waals surface area contributed by atoms with Gasteiger partial charge in [0.15, 0.2) is 0 Å². The smallest absolute Gasteiger partial charge is 0.216 e. The van der Waals surface area contributed by atoms with Gasteiger partial charge in [0.1, 0.15) is 0 Å². The quantitative estimate of drug-likeness (QED) is 0.409. The maximum absolute atomic E-state index is 10.5. The molecule has 0 radical (unpaired) electrons. The van der Waals surface area contributed by atoms with Gasteiger partial charge in [-0.25, -0.2) is 0 Å². The van der Waals surface area contributed by atoms with E-state index in [1.54, 1.807) is 13.8 Å². The van der Waals surface area contributed by atoms with Crippen LogP contribution in [-0.2, 0) is 11.4 Å². The van der Waals surface area contributed by atoms with Crippen LogP contribution < -0.4 is 0 Å². The second kappa shape index (κ2) is 7.80. The first-order chi connectivity index (χ1) is 10.1. The molecule has 132 valence electrons. The van der Waals surface area contributed by atoms with Crippen molar-refractivity contribution in [2.75, 3.05) is 0 Å². The number of rotatable bonds is 2. The fourth-order valence-electron chi connectivity index (χ4n) is 1.94. The third-order valence-corrected chi connectivity index (χ3v) is 4.92. The Bertz CT molecular complexity index is 531. The SMILES string of the molecule is CC(C)C(O)c1c(C(Cl)(Cl)Cl)cc(C(Cl)(Cl)Cl)cc1C(Cl)(Cl)Cl. The minimum atomic E-state index is -1.93. The van der Waals surface area contributed by atoms with Crippen molar-refractivity contribution in [1.82, 2.24) is 0 Å². The van der Waals surface area contributed by atoms with Crippen molar-refractivity contribution in [3.63, 3.8) is 0 Å². The molecule has 0 amide bonds. The lowest BCUT2D eigenvalue weighted by atomic mass is 9.89. The largest absolute Gasteiger partial charge is 0.388 e. The monoisotopic (exact) mass is 498 g/mol. The fourth-order valence-corrected chi connectivity index (χ4v) is 3.20. The van der Waals surface area contributed by atoms with Gasteiger partial charge in [-0.05, 0) is 23.6 Å². The van der Waals surface area contributed by atoms with Gasteiger partial charge in [0, 0.05) is 16.7 Å². The highest BCUT2D eigenvalue weighted by Crippen LogP contribution is 2.52. The van der Waals surface area contributed by atoms with Gasteiger partial charge in [-0.15, -0.1) is 0 Å². The van der Waals surface area contributed by atoms with Gasteiger partial charge in [-0.3, -0.25) is 0 Å². The molecule has 0 bridgehead atoms. The summed E-state index contributed by atoms with van der Waals surface area (Å²) in [7, 11) is 0. The lowest BCUT2D eigenvalue weighted by Gasteiger charge is -2.30. The van der Waals surface area contributed by atoms with Crippen LogP contribution in [0.5, 0.6) is 0 Å². The molecule has 1 atom stereocenters. The number of hydrogen-bond acceptors (Lipinski definition) is 1. The van der Waals surface area contributed by atoms with E-state index in [0.29, 0.717) is 0 Å². The topological polar surface area (TPSA) is 20.2 Å². The number of aliphatic hydroxyl groups is 1. The second-order valence-electron chi connectivity index (χ2n) is 5.17. The van der Waals surface area contributed by atoms with E-state index in [0.717, 1.165) is 0 Å². The van der Waals surface area contributed by atoms with Crippen LogP contribution in [0, 0.1) is 5.92 Å². The Morgan fingerprint density at radius 2 is 1.09 bits per heavy atom. The first-order valence-corrected chi connectivity index (χ1v) is 9.54. The maximum atomic E-state index is 10.5. The van der Waals surface area contributed by atoms with Crippen LogP contribution in [-0.4, -0.2) is 5.11 Å². The molecule has 1 aromatic rings. The summed E-state index contributed by atoms with van der Waals surface area (Å²) in [5.41, 5.74) is 0.477. The molecule has 0 spiro atoms. The summed E-state index contributed by atoms with van der Waals surface area (Å²) in [5.74, 6) is -0.245. The van der Waals surface area contributed by atoms with Gasteiger partial charge in [0.25, 0.3) is 0 Å². The molecule has 0 aliphatic carbocycles. The van der Waals surface area contributed by atoms with Crippen LogP contribution in [0.25, 0.3) is 0 Å². The lowest BCUT2D eigenvalue weighted by molar-refractivity contribution is 0.125.